The summed E-state index contributed by atoms with van der Waals surface area (Å²) in [7, 11) is 4.00. The van der Waals surface area contributed by atoms with Crippen molar-refractivity contribution in [3.8, 4) is 0 Å². The summed E-state index contributed by atoms with van der Waals surface area (Å²) in [6.07, 6.45) is 1.03. The molecule has 0 aliphatic carbocycles. The Morgan fingerprint density at radius 2 is 1.97 bits per heavy atom. The molecular weight excluding hydrogens is 380 g/mol. The summed E-state index contributed by atoms with van der Waals surface area (Å²) in [6, 6.07) is 17.4. The minimum absolute atomic E-state index is 0.464. The summed E-state index contributed by atoms with van der Waals surface area (Å²) in [5.41, 5.74) is 3.31. The Morgan fingerprint density at radius 3 is 2.86 bits per heavy atom. The van der Waals surface area contributed by atoms with Crippen LogP contribution in [0.4, 0.5) is 16.4 Å². The smallest absolute Gasteiger partial charge is 0.140 e. The number of hydrogen-bond acceptors (Lipinski definition) is 6. The average Bonchev–Trinajstić information content (AvgIpc) is 3.01. The fourth-order valence-electron chi connectivity index (χ4n) is 4.26. The van der Waals surface area contributed by atoms with Gasteiger partial charge in [-0.2, -0.15) is 0 Å². The molecule has 2 aliphatic rings. The van der Waals surface area contributed by atoms with Crippen LogP contribution in [-0.2, 0) is 4.74 Å². The molecule has 1 aromatic heterocycles. The largest absolute Gasteiger partial charge is 0.385 e. The molecular formula is C23H26N4OS. The highest BCUT2D eigenvalue weighted by molar-refractivity contribution is 7.23. The normalized spacial score (nSPS) is 19.3. The molecule has 150 valence electrons. The summed E-state index contributed by atoms with van der Waals surface area (Å²) in [5.74, 6) is 1.09. The van der Waals surface area contributed by atoms with Gasteiger partial charge in [0.25, 0.3) is 0 Å². The second-order valence-corrected chi connectivity index (χ2v) is 8.79. The first-order valence-electron chi connectivity index (χ1n) is 10.2. The number of methoxy groups -OCH3 is 1. The third-order valence-electron chi connectivity index (χ3n) is 5.93. The van der Waals surface area contributed by atoms with E-state index < -0.39 is 0 Å². The maximum atomic E-state index is 5.36. The number of nitrogens with zero attached hydrogens (tertiary/aromatic N) is 3. The molecule has 0 spiro atoms. The van der Waals surface area contributed by atoms with Gasteiger partial charge >= 0.3 is 0 Å². The fraction of sp³-hybridized carbons (Fsp3) is 0.348. The molecule has 3 aromatic rings. The number of amidine groups is 1. The third kappa shape index (κ3) is 3.41. The van der Waals surface area contributed by atoms with Crippen LogP contribution < -0.4 is 5.32 Å². The minimum atomic E-state index is 0.464. The average molecular weight is 407 g/mol. The van der Waals surface area contributed by atoms with Crippen LogP contribution in [0.1, 0.15) is 12.0 Å². The monoisotopic (exact) mass is 406 g/mol. The van der Waals surface area contributed by atoms with Crippen molar-refractivity contribution in [2.75, 3.05) is 45.7 Å². The second kappa shape index (κ2) is 7.78. The Labute approximate surface area is 175 Å². The van der Waals surface area contributed by atoms with Crippen LogP contribution >= 0.6 is 11.3 Å². The van der Waals surface area contributed by atoms with Gasteiger partial charge in [-0.25, -0.2) is 4.99 Å². The van der Waals surface area contributed by atoms with Crippen molar-refractivity contribution in [2.24, 2.45) is 4.99 Å². The van der Waals surface area contributed by atoms with Gasteiger partial charge in [-0.3, -0.25) is 4.90 Å². The number of fused-ring (bicyclic) bond motifs is 4. The quantitative estimate of drug-likeness (QED) is 0.685. The van der Waals surface area contributed by atoms with Gasteiger partial charge in [-0.05, 0) is 31.7 Å². The lowest BCUT2D eigenvalue weighted by Gasteiger charge is -2.41. The Bertz CT molecular complexity index is 1060. The highest BCUT2D eigenvalue weighted by Crippen LogP contribution is 2.43. The molecule has 0 amide bonds. The Balaban J connectivity index is 1.61. The van der Waals surface area contributed by atoms with E-state index in [4.69, 9.17) is 9.73 Å². The van der Waals surface area contributed by atoms with E-state index in [2.05, 4.69) is 70.7 Å². The van der Waals surface area contributed by atoms with Gasteiger partial charge in [0, 0.05) is 49.5 Å². The molecule has 5 rings (SSSR count). The molecule has 1 saturated heterocycles. The van der Waals surface area contributed by atoms with E-state index in [-0.39, 0.29) is 0 Å². The van der Waals surface area contributed by atoms with Gasteiger partial charge in [-0.15, -0.1) is 11.3 Å². The number of hydrogen-bond donors (Lipinski definition) is 1. The van der Waals surface area contributed by atoms with Gasteiger partial charge in [0.1, 0.15) is 10.8 Å². The van der Waals surface area contributed by atoms with Crippen LogP contribution in [0.3, 0.4) is 0 Å². The number of nitrogens with one attached hydrogen (secondary N) is 1. The van der Waals surface area contributed by atoms with Crippen molar-refractivity contribution >= 4 is 43.6 Å². The summed E-state index contributed by atoms with van der Waals surface area (Å²) < 4.78 is 6.65. The molecule has 1 atom stereocenters. The van der Waals surface area contributed by atoms with Crippen LogP contribution in [0.2, 0.25) is 0 Å². The van der Waals surface area contributed by atoms with Crippen molar-refractivity contribution in [1.82, 2.24) is 9.80 Å². The number of likely N-dealkylation sites (N-methyl/N-ethyl adjacent to an activating group) is 1. The number of ether oxygens (including phenoxy) is 1. The van der Waals surface area contributed by atoms with Gasteiger partial charge in [0.15, 0.2) is 0 Å². The van der Waals surface area contributed by atoms with E-state index in [1.165, 1.54) is 20.7 Å². The number of thiophene rings is 1. The summed E-state index contributed by atoms with van der Waals surface area (Å²) in [5, 5.41) is 6.12. The fourth-order valence-corrected chi connectivity index (χ4v) is 5.37. The number of para-hydroxylation sites is 2. The van der Waals surface area contributed by atoms with E-state index >= 15 is 0 Å². The zero-order chi connectivity index (χ0) is 19.8. The number of aliphatic imine (C=N–C) groups is 1. The number of benzene rings is 2. The summed E-state index contributed by atoms with van der Waals surface area (Å²) >= 11 is 1.81. The number of anilines is 2. The van der Waals surface area contributed by atoms with Crippen molar-refractivity contribution in [2.45, 2.75) is 12.5 Å². The van der Waals surface area contributed by atoms with Crippen LogP contribution in [0, 0.1) is 0 Å². The number of piperazine rings is 1. The third-order valence-corrected chi connectivity index (χ3v) is 7.02. The van der Waals surface area contributed by atoms with Gasteiger partial charge in [0.05, 0.1) is 16.9 Å². The van der Waals surface area contributed by atoms with Crippen molar-refractivity contribution in [3.63, 3.8) is 0 Å². The standard InChI is InChI=1S/C23H26N4OS/c1-26-12-13-27(15-16(26)11-14-28-2)22-21-17-7-3-6-10-20(17)29-23(21)25-19-9-5-4-8-18(19)24-22/h3-10,16,25H,11-15H2,1-2H3. The van der Waals surface area contributed by atoms with Crippen LogP contribution in [0.5, 0.6) is 0 Å². The highest BCUT2D eigenvalue weighted by Gasteiger charge is 2.31. The Morgan fingerprint density at radius 1 is 1.14 bits per heavy atom. The molecule has 0 bridgehead atoms. The zero-order valence-electron chi connectivity index (χ0n) is 16.9. The molecule has 6 heteroatoms. The van der Waals surface area contributed by atoms with Crippen LogP contribution in [0.25, 0.3) is 10.1 Å². The lowest BCUT2D eigenvalue weighted by molar-refractivity contribution is 0.100. The number of rotatable bonds is 3. The first-order valence-corrected chi connectivity index (χ1v) is 11.0. The predicted molar refractivity (Wildman–Crippen MR) is 122 cm³/mol. The topological polar surface area (TPSA) is 40.1 Å². The van der Waals surface area contributed by atoms with Crippen LogP contribution in [-0.4, -0.2) is 62.1 Å². The minimum Gasteiger partial charge on any atom is -0.385 e. The van der Waals surface area contributed by atoms with Crippen molar-refractivity contribution < 1.29 is 4.74 Å². The lowest BCUT2D eigenvalue weighted by atomic mass is 10.1. The molecule has 1 unspecified atom stereocenters. The molecule has 1 fully saturated rings. The molecule has 2 aliphatic heterocycles. The molecule has 0 saturated carbocycles. The van der Waals surface area contributed by atoms with E-state index in [1.807, 2.05) is 11.3 Å². The maximum Gasteiger partial charge on any atom is 0.140 e. The predicted octanol–water partition coefficient (Wildman–Crippen LogP) is 4.69. The molecule has 0 radical (unpaired) electrons. The molecule has 5 nitrogen and oxygen atoms in total. The zero-order valence-corrected chi connectivity index (χ0v) is 17.7. The van der Waals surface area contributed by atoms with Crippen molar-refractivity contribution in [3.05, 3.63) is 54.1 Å². The molecule has 3 heterocycles. The first kappa shape index (κ1) is 18.6. The SMILES string of the molecule is COCCC1CN(C2=Nc3ccccc3Nc3sc4ccccc4c32)CCN1C. The molecule has 29 heavy (non-hydrogen) atoms. The first-order chi connectivity index (χ1) is 14.2. The van der Waals surface area contributed by atoms with E-state index in [0.29, 0.717) is 6.04 Å². The van der Waals surface area contributed by atoms with E-state index in [0.717, 1.165) is 49.9 Å². The maximum absolute atomic E-state index is 5.36. The highest BCUT2D eigenvalue weighted by atomic mass is 32.1. The second-order valence-electron chi connectivity index (χ2n) is 7.74. The Hall–Kier alpha value is -2.41. The van der Waals surface area contributed by atoms with Gasteiger partial charge in [-0.1, -0.05) is 30.3 Å². The summed E-state index contributed by atoms with van der Waals surface area (Å²) in [4.78, 5) is 10.1. The van der Waals surface area contributed by atoms with Gasteiger partial charge in [0.2, 0.25) is 0 Å². The summed E-state index contributed by atoms with van der Waals surface area (Å²) in [6.45, 7) is 3.75. The van der Waals surface area contributed by atoms with Crippen molar-refractivity contribution in [1.29, 1.82) is 0 Å². The lowest BCUT2D eigenvalue weighted by Crippen LogP contribution is -2.53. The molecule has 1 N–H and O–H groups in total. The van der Waals surface area contributed by atoms with Crippen LogP contribution in [0.15, 0.2) is 53.5 Å². The Kier molecular flexibility index (Phi) is 4.99. The van der Waals surface area contributed by atoms with E-state index in [9.17, 15) is 0 Å². The van der Waals surface area contributed by atoms with Gasteiger partial charge < -0.3 is 15.0 Å². The van der Waals surface area contributed by atoms with E-state index in [1.54, 1.807) is 7.11 Å². The molecule has 2 aromatic carbocycles.